The van der Waals surface area contributed by atoms with Gasteiger partial charge in [-0.1, -0.05) is 6.92 Å². The lowest BCUT2D eigenvalue weighted by molar-refractivity contribution is -0.0525. The zero-order valence-electron chi connectivity index (χ0n) is 7.34. The van der Waals surface area contributed by atoms with E-state index in [0.29, 0.717) is 12.8 Å². The first-order valence-corrected chi connectivity index (χ1v) is 5.35. The topological polar surface area (TPSA) is 43.4 Å². The summed E-state index contributed by atoms with van der Waals surface area (Å²) >= 11 is 0. The van der Waals surface area contributed by atoms with Gasteiger partial charge in [0.2, 0.25) is 0 Å². The Balaban J connectivity index is 2.79. The number of alkyl halides is 3. The van der Waals surface area contributed by atoms with E-state index in [4.69, 9.17) is 0 Å². The maximum absolute atomic E-state index is 11.9. The molecule has 0 aromatic carbocycles. The van der Waals surface area contributed by atoms with Crippen LogP contribution in [0.15, 0.2) is 11.8 Å². The van der Waals surface area contributed by atoms with Crippen LogP contribution in [0.25, 0.3) is 0 Å². The molecule has 0 fully saturated rings. The van der Waals surface area contributed by atoms with Gasteiger partial charge in [-0.25, -0.2) is 0 Å². The molecule has 0 spiro atoms. The molecule has 3 nitrogen and oxygen atoms in total. The maximum Gasteiger partial charge on any atom is 0.534 e. The minimum atomic E-state index is -5.48. The normalized spacial score (nSPS) is 23.4. The molecular weight excluding hydrogens is 221 g/mol. The van der Waals surface area contributed by atoms with Gasteiger partial charge in [-0.3, -0.25) is 0 Å². The monoisotopic (exact) mass is 230 g/mol. The van der Waals surface area contributed by atoms with Crippen molar-refractivity contribution in [1.82, 2.24) is 0 Å². The highest BCUT2D eigenvalue weighted by Gasteiger charge is 2.49. The first-order valence-electron chi connectivity index (χ1n) is 3.95. The van der Waals surface area contributed by atoms with Gasteiger partial charge in [0, 0.05) is 5.92 Å². The predicted molar refractivity (Wildman–Crippen MR) is 42.5 cm³/mol. The minimum Gasteiger partial charge on any atom is -0.381 e. The van der Waals surface area contributed by atoms with Crippen LogP contribution in [0.1, 0.15) is 19.8 Å². The van der Waals surface area contributed by atoms with Gasteiger partial charge < -0.3 is 4.18 Å². The van der Waals surface area contributed by atoms with Crippen LogP contribution in [0, 0.1) is 5.92 Å². The van der Waals surface area contributed by atoms with Crippen LogP contribution in [0.5, 0.6) is 0 Å². The third-order valence-electron chi connectivity index (χ3n) is 1.92. The van der Waals surface area contributed by atoms with Crippen molar-refractivity contribution >= 4 is 10.1 Å². The summed E-state index contributed by atoms with van der Waals surface area (Å²) in [5, 5.41) is 0. The van der Waals surface area contributed by atoms with E-state index < -0.39 is 15.6 Å². The van der Waals surface area contributed by atoms with Crippen LogP contribution in [0.2, 0.25) is 0 Å². The van der Waals surface area contributed by atoms with Crippen LogP contribution < -0.4 is 0 Å². The Morgan fingerprint density at radius 1 is 1.50 bits per heavy atom. The van der Waals surface area contributed by atoms with E-state index in [1.54, 1.807) is 6.92 Å². The van der Waals surface area contributed by atoms with Crippen molar-refractivity contribution in [1.29, 1.82) is 0 Å². The second-order valence-electron chi connectivity index (χ2n) is 3.07. The molecule has 1 unspecified atom stereocenters. The molecule has 0 N–H and O–H groups in total. The summed E-state index contributed by atoms with van der Waals surface area (Å²) in [5.74, 6) is -0.380. The first-order chi connectivity index (χ1) is 6.24. The largest absolute Gasteiger partial charge is 0.534 e. The van der Waals surface area contributed by atoms with E-state index in [1.807, 2.05) is 0 Å². The van der Waals surface area contributed by atoms with E-state index >= 15 is 0 Å². The van der Waals surface area contributed by atoms with Crippen LogP contribution in [-0.4, -0.2) is 13.9 Å². The number of hydrogen-bond acceptors (Lipinski definition) is 3. The molecule has 0 saturated heterocycles. The highest BCUT2D eigenvalue weighted by Crippen LogP contribution is 2.32. The first kappa shape index (κ1) is 11.4. The molecule has 1 aliphatic carbocycles. The van der Waals surface area contributed by atoms with Gasteiger partial charge in [-0.15, -0.1) is 0 Å². The molecular formula is C7H9F3O3S. The molecule has 0 bridgehead atoms. The fourth-order valence-corrected chi connectivity index (χ4v) is 1.69. The van der Waals surface area contributed by atoms with Crippen LogP contribution in [-0.2, 0) is 14.3 Å². The Morgan fingerprint density at radius 2 is 2.07 bits per heavy atom. The Morgan fingerprint density at radius 3 is 2.43 bits per heavy atom. The smallest absolute Gasteiger partial charge is 0.381 e. The van der Waals surface area contributed by atoms with Gasteiger partial charge in [0.05, 0.1) is 0 Å². The molecule has 14 heavy (non-hydrogen) atoms. The molecule has 1 aliphatic rings. The summed E-state index contributed by atoms with van der Waals surface area (Å²) < 4.78 is 60.7. The molecule has 1 rings (SSSR count). The number of hydrogen-bond donors (Lipinski definition) is 0. The quantitative estimate of drug-likeness (QED) is 0.539. The molecule has 0 amide bonds. The lowest BCUT2D eigenvalue weighted by Gasteiger charge is -2.12. The SMILES string of the molecule is CC1CCC=C1OS(=O)(=O)C(F)(F)F. The van der Waals surface area contributed by atoms with E-state index in [9.17, 15) is 21.6 Å². The van der Waals surface area contributed by atoms with Gasteiger partial charge in [-0.2, -0.15) is 21.6 Å². The predicted octanol–water partition coefficient (Wildman–Crippen LogP) is 2.17. The molecule has 82 valence electrons. The molecule has 7 heteroatoms. The Labute approximate surface area is 79.7 Å². The number of rotatable bonds is 2. The summed E-state index contributed by atoms with van der Waals surface area (Å²) in [6.07, 6.45) is 2.53. The fourth-order valence-electron chi connectivity index (χ4n) is 1.11. The Bertz CT molecular complexity index is 342. The van der Waals surface area contributed by atoms with Gasteiger partial charge in [0.1, 0.15) is 5.76 Å². The van der Waals surface area contributed by atoms with Crippen LogP contribution in [0.3, 0.4) is 0 Å². The zero-order chi connectivity index (χ0) is 11.0. The van der Waals surface area contributed by atoms with Crippen molar-refractivity contribution in [3.63, 3.8) is 0 Å². The average Bonchev–Trinajstić information content (AvgIpc) is 2.33. The van der Waals surface area contributed by atoms with Gasteiger partial charge in [-0.05, 0) is 18.9 Å². The minimum absolute atomic E-state index is 0.109. The van der Waals surface area contributed by atoms with Crippen molar-refractivity contribution < 1.29 is 25.8 Å². The maximum atomic E-state index is 11.9. The Hall–Kier alpha value is -0.720. The molecule has 0 aromatic heterocycles. The van der Waals surface area contributed by atoms with Crippen molar-refractivity contribution in [2.45, 2.75) is 25.3 Å². The molecule has 0 heterocycles. The van der Waals surface area contributed by atoms with Crippen molar-refractivity contribution in [2.75, 3.05) is 0 Å². The van der Waals surface area contributed by atoms with Crippen LogP contribution in [0.4, 0.5) is 13.2 Å². The highest BCUT2D eigenvalue weighted by atomic mass is 32.2. The highest BCUT2D eigenvalue weighted by molar-refractivity contribution is 7.87. The van der Waals surface area contributed by atoms with E-state index in [0.717, 1.165) is 0 Å². The molecule has 1 atom stereocenters. The molecule has 0 aromatic rings. The number of allylic oxidation sites excluding steroid dienone is 2. The summed E-state index contributed by atoms with van der Waals surface area (Å²) in [5.41, 5.74) is -5.35. The molecule has 0 saturated carbocycles. The number of halogens is 3. The molecule has 0 radical (unpaired) electrons. The van der Waals surface area contributed by atoms with E-state index in [2.05, 4.69) is 4.18 Å². The lowest BCUT2D eigenvalue weighted by Crippen LogP contribution is -2.25. The standard InChI is InChI=1S/C7H9F3O3S/c1-5-3-2-4-6(5)13-14(11,12)7(8,9)10/h4-5H,2-3H2,1H3. The second-order valence-corrected chi connectivity index (χ2v) is 4.61. The molecule has 0 aliphatic heterocycles. The van der Waals surface area contributed by atoms with Gasteiger partial charge in [0.25, 0.3) is 0 Å². The van der Waals surface area contributed by atoms with E-state index in [1.165, 1.54) is 6.08 Å². The Kier molecular flexibility index (Phi) is 2.80. The lowest BCUT2D eigenvalue weighted by atomic mass is 10.1. The van der Waals surface area contributed by atoms with Crippen molar-refractivity contribution in [3.8, 4) is 0 Å². The third-order valence-corrected chi connectivity index (χ3v) is 2.90. The third kappa shape index (κ3) is 2.20. The summed E-state index contributed by atoms with van der Waals surface area (Å²) in [7, 11) is -5.48. The average molecular weight is 230 g/mol. The second kappa shape index (κ2) is 3.45. The van der Waals surface area contributed by atoms with Crippen molar-refractivity contribution in [2.24, 2.45) is 5.92 Å². The van der Waals surface area contributed by atoms with Crippen molar-refractivity contribution in [3.05, 3.63) is 11.8 Å². The zero-order valence-corrected chi connectivity index (χ0v) is 8.15. The van der Waals surface area contributed by atoms with Gasteiger partial charge >= 0.3 is 15.6 Å². The van der Waals surface area contributed by atoms with Crippen LogP contribution >= 0.6 is 0 Å². The fraction of sp³-hybridized carbons (Fsp3) is 0.714. The van der Waals surface area contributed by atoms with Gasteiger partial charge in [0.15, 0.2) is 0 Å². The summed E-state index contributed by atoms with van der Waals surface area (Å²) in [4.78, 5) is 0. The summed E-state index contributed by atoms with van der Waals surface area (Å²) in [6, 6.07) is 0. The van der Waals surface area contributed by atoms with E-state index in [-0.39, 0.29) is 11.7 Å². The summed E-state index contributed by atoms with van der Waals surface area (Å²) in [6.45, 7) is 1.62.